The topological polar surface area (TPSA) is 69.6 Å². The lowest BCUT2D eigenvalue weighted by molar-refractivity contribution is 0.627. The molecule has 3 rings (SSSR count). The predicted octanol–water partition coefficient (Wildman–Crippen LogP) is 2.19. The summed E-state index contributed by atoms with van der Waals surface area (Å²) >= 11 is 0. The second-order valence-corrected chi connectivity index (χ2v) is 4.80. The fourth-order valence-electron chi connectivity index (χ4n) is 2.08. The molecule has 2 heterocycles. The third kappa shape index (κ3) is 3.05. The van der Waals surface area contributed by atoms with Crippen molar-refractivity contribution in [3.63, 3.8) is 0 Å². The van der Waals surface area contributed by atoms with E-state index in [0.717, 1.165) is 16.8 Å². The Kier molecular flexibility index (Phi) is 3.35. The van der Waals surface area contributed by atoms with Gasteiger partial charge >= 0.3 is 0 Å². The molecule has 0 aliphatic carbocycles. The van der Waals surface area contributed by atoms with E-state index in [9.17, 15) is 4.39 Å². The van der Waals surface area contributed by atoms with Crippen LogP contribution in [0.3, 0.4) is 0 Å². The van der Waals surface area contributed by atoms with E-state index in [4.69, 9.17) is 5.73 Å². The SMILES string of the molecule is Cn1cc(-c2cc(N)nc(Cc3ccc(F)cc3)n2)cn1. The summed E-state index contributed by atoms with van der Waals surface area (Å²) in [7, 11) is 1.84. The van der Waals surface area contributed by atoms with Gasteiger partial charge in [-0.1, -0.05) is 12.1 Å². The van der Waals surface area contributed by atoms with Gasteiger partial charge in [0.15, 0.2) is 0 Å². The average Bonchev–Trinajstić information content (AvgIpc) is 2.88. The zero-order valence-electron chi connectivity index (χ0n) is 11.5. The van der Waals surface area contributed by atoms with Gasteiger partial charge in [0, 0.05) is 31.3 Å². The van der Waals surface area contributed by atoms with E-state index in [2.05, 4.69) is 15.1 Å². The lowest BCUT2D eigenvalue weighted by atomic mass is 10.1. The Morgan fingerprint density at radius 2 is 1.95 bits per heavy atom. The molecule has 21 heavy (non-hydrogen) atoms. The minimum atomic E-state index is -0.261. The van der Waals surface area contributed by atoms with Crippen LogP contribution < -0.4 is 5.73 Å². The predicted molar refractivity (Wildman–Crippen MR) is 77.9 cm³/mol. The van der Waals surface area contributed by atoms with Crippen LogP contribution in [0.5, 0.6) is 0 Å². The molecule has 0 saturated carbocycles. The Hall–Kier alpha value is -2.76. The van der Waals surface area contributed by atoms with Crippen molar-refractivity contribution >= 4 is 5.82 Å². The molecule has 0 saturated heterocycles. The van der Waals surface area contributed by atoms with Crippen molar-refractivity contribution in [2.24, 2.45) is 7.05 Å². The number of nitrogen functional groups attached to an aromatic ring is 1. The lowest BCUT2D eigenvalue weighted by Crippen LogP contribution is -2.02. The highest BCUT2D eigenvalue weighted by Crippen LogP contribution is 2.19. The van der Waals surface area contributed by atoms with Gasteiger partial charge in [-0.25, -0.2) is 14.4 Å². The summed E-state index contributed by atoms with van der Waals surface area (Å²) in [6.45, 7) is 0. The molecule has 0 atom stereocenters. The number of anilines is 1. The highest BCUT2D eigenvalue weighted by atomic mass is 19.1. The first-order valence-electron chi connectivity index (χ1n) is 6.47. The molecule has 106 valence electrons. The van der Waals surface area contributed by atoms with Crippen molar-refractivity contribution in [2.75, 3.05) is 5.73 Å². The molecule has 1 aromatic carbocycles. The van der Waals surface area contributed by atoms with Crippen molar-refractivity contribution in [3.8, 4) is 11.3 Å². The molecule has 0 aliphatic heterocycles. The first-order chi connectivity index (χ1) is 10.1. The number of hydrogen-bond acceptors (Lipinski definition) is 4. The van der Waals surface area contributed by atoms with Gasteiger partial charge in [0.2, 0.25) is 0 Å². The maximum absolute atomic E-state index is 12.9. The van der Waals surface area contributed by atoms with Gasteiger partial charge < -0.3 is 5.73 Å². The van der Waals surface area contributed by atoms with Crippen LogP contribution in [0.25, 0.3) is 11.3 Å². The molecule has 0 bridgehead atoms. The van der Waals surface area contributed by atoms with E-state index in [1.54, 1.807) is 29.1 Å². The summed E-state index contributed by atoms with van der Waals surface area (Å²) in [5.41, 5.74) is 8.38. The van der Waals surface area contributed by atoms with E-state index >= 15 is 0 Å². The van der Waals surface area contributed by atoms with Crippen LogP contribution >= 0.6 is 0 Å². The maximum atomic E-state index is 12.9. The molecule has 0 unspecified atom stereocenters. The molecular weight excluding hydrogens is 269 g/mol. The summed E-state index contributed by atoms with van der Waals surface area (Å²) in [5, 5.41) is 4.12. The van der Waals surface area contributed by atoms with Crippen LogP contribution in [0.4, 0.5) is 10.2 Å². The first-order valence-corrected chi connectivity index (χ1v) is 6.47. The summed E-state index contributed by atoms with van der Waals surface area (Å²) in [4.78, 5) is 8.73. The largest absolute Gasteiger partial charge is 0.384 e. The van der Waals surface area contributed by atoms with Gasteiger partial charge in [0.05, 0.1) is 11.9 Å². The van der Waals surface area contributed by atoms with Gasteiger partial charge in [-0.2, -0.15) is 5.10 Å². The Bertz CT molecular complexity index is 764. The van der Waals surface area contributed by atoms with Crippen LogP contribution in [0, 0.1) is 5.82 Å². The summed E-state index contributed by atoms with van der Waals surface area (Å²) in [6.07, 6.45) is 4.09. The third-order valence-corrected chi connectivity index (χ3v) is 3.07. The second kappa shape index (κ2) is 5.32. The van der Waals surface area contributed by atoms with Gasteiger partial charge in [-0.15, -0.1) is 0 Å². The zero-order chi connectivity index (χ0) is 14.8. The molecule has 2 N–H and O–H groups in total. The Morgan fingerprint density at radius 3 is 2.62 bits per heavy atom. The van der Waals surface area contributed by atoms with Crippen molar-refractivity contribution in [2.45, 2.75) is 6.42 Å². The van der Waals surface area contributed by atoms with Crippen molar-refractivity contribution in [1.82, 2.24) is 19.7 Å². The Balaban J connectivity index is 1.92. The average molecular weight is 283 g/mol. The van der Waals surface area contributed by atoms with Crippen LogP contribution in [-0.4, -0.2) is 19.7 Å². The molecule has 0 radical (unpaired) electrons. The monoisotopic (exact) mass is 283 g/mol. The smallest absolute Gasteiger partial charge is 0.135 e. The van der Waals surface area contributed by atoms with E-state index in [-0.39, 0.29) is 5.82 Å². The van der Waals surface area contributed by atoms with Crippen molar-refractivity contribution < 1.29 is 4.39 Å². The Morgan fingerprint density at radius 1 is 1.19 bits per heavy atom. The lowest BCUT2D eigenvalue weighted by Gasteiger charge is -2.05. The number of nitrogens with zero attached hydrogens (tertiary/aromatic N) is 4. The molecule has 6 heteroatoms. The highest BCUT2D eigenvalue weighted by Gasteiger charge is 2.08. The van der Waals surface area contributed by atoms with Gasteiger partial charge in [0.1, 0.15) is 17.5 Å². The van der Waals surface area contributed by atoms with Crippen molar-refractivity contribution in [1.29, 1.82) is 0 Å². The van der Waals surface area contributed by atoms with Gasteiger partial charge in [-0.05, 0) is 17.7 Å². The van der Waals surface area contributed by atoms with E-state index in [1.807, 2.05) is 13.2 Å². The molecule has 3 aromatic rings. The minimum Gasteiger partial charge on any atom is -0.384 e. The second-order valence-electron chi connectivity index (χ2n) is 4.80. The summed E-state index contributed by atoms with van der Waals surface area (Å²) < 4.78 is 14.6. The van der Waals surface area contributed by atoms with E-state index in [1.165, 1.54) is 12.1 Å². The van der Waals surface area contributed by atoms with E-state index in [0.29, 0.717) is 18.1 Å². The molecular formula is C15H14FN5. The number of benzene rings is 1. The molecule has 5 nitrogen and oxygen atoms in total. The number of nitrogens with two attached hydrogens (primary N) is 1. The van der Waals surface area contributed by atoms with E-state index < -0.39 is 0 Å². The number of aryl methyl sites for hydroxylation is 1. The fourth-order valence-corrected chi connectivity index (χ4v) is 2.08. The molecule has 0 fully saturated rings. The highest BCUT2D eigenvalue weighted by molar-refractivity contribution is 5.60. The summed E-state index contributed by atoms with van der Waals surface area (Å²) in [5.74, 6) is 0.740. The Labute approximate surface area is 121 Å². The summed E-state index contributed by atoms with van der Waals surface area (Å²) in [6, 6.07) is 7.98. The van der Waals surface area contributed by atoms with Crippen LogP contribution in [-0.2, 0) is 13.5 Å². The number of hydrogen-bond donors (Lipinski definition) is 1. The van der Waals surface area contributed by atoms with Gasteiger partial charge in [0.25, 0.3) is 0 Å². The first kappa shape index (κ1) is 13.2. The number of aromatic nitrogens is 4. The molecule has 0 aliphatic rings. The molecule has 2 aromatic heterocycles. The molecule has 0 amide bonds. The number of halogens is 1. The zero-order valence-corrected chi connectivity index (χ0v) is 11.5. The van der Waals surface area contributed by atoms with Crippen LogP contribution in [0.1, 0.15) is 11.4 Å². The standard InChI is InChI=1S/C15H14FN5/c1-21-9-11(8-18-21)13-7-14(17)20-15(19-13)6-10-2-4-12(16)5-3-10/h2-5,7-9H,6H2,1H3,(H2,17,19,20). The fraction of sp³-hybridized carbons (Fsp3) is 0.133. The maximum Gasteiger partial charge on any atom is 0.135 e. The quantitative estimate of drug-likeness (QED) is 0.800. The normalized spacial score (nSPS) is 10.8. The van der Waals surface area contributed by atoms with Crippen LogP contribution in [0.2, 0.25) is 0 Å². The van der Waals surface area contributed by atoms with Crippen LogP contribution in [0.15, 0.2) is 42.7 Å². The molecule has 0 spiro atoms. The minimum absolute atomic E-state index is 0.261. The third-order valence-electron chi connectivity index (χ3n) is 3.07. The number of rotatable bonds is 3. The van der Waals surface area contributed by atoms with Crippen molar-refractivity contribution in [3.05, 3.63) is 59.9 Å². The van der Waals surface area contributed by atoms with Gasteiger partial charge in [-0.3, -0.25) is 4.68 Å².